The number of aliphatic imine (C=N–C) groups is 2. The van der Waals surface area contributed by atoms with Crippen LogP contribution >= 0.6 is 0 Å². The van der Waals surface area contributed by atoms with Crippen LogP contribution in [0.15, 0.2) is 172 Å². The van der Waals surface area contributed by atoms with Crippen LogP contribution in [-0.4, -0.2) is 25.5 Å². The minimum absolute atomic E-state index is 0.0345. The Balaban J connectivity index is 1.39. The summed E-state index contributed by atoms with van der Waals surface area (Å²) < 4.78 is 0. The van der Waals surface area contributed by atoms with Gasteiger partial charge in [0.2, 0.25) is 0 Å². The van der Waals surface area contributed by atoms with Gasteiger partial charge in [-0.2, -0.15) is 0 Å². The van der Waals surface area contributed by atoms with Gasteiger partial charge in [0.15, 0.2) is 0 Å². The van der Waals surface area contributed by atoms with Gasteiger partial charge in [-0.1, -0.05) is 135 Å². The Labute approximate surface area is 319 Å². The fourth-order valence-electron chi connectivity index (χ4n) is 6.96. The summed E-state index contributed by atoms with van der Waals surface area (Å²) in [6, 6.07) is 24.2. The van der Waals surface area contributed by atoms with Crippen molar-refractivity contribution in [3.63, 3.8) is 0 Å². The molecule has 272 valence electrons. The van der Waals surface area contributed by atoms with Gasteiger partial charge in [-0.25, -0.2) is 0 Å². The van der Waals surface area contributed by atoms with E-state index < -0.39 is 0 Å². The fourth-order valence-corrected chi connectivity index (χ4v) is 6.96. The summed E-state index contributed by atoms with van der Waals surface area (Å²) in [5.74, 6) is 0.0544. The monoisotopic (exact) mass is 699 g/mol. The quantitative estimate of drug-likeness (QED) is 0.0801. The number of hydrogen-bond donors (Lipinski definition) is 1. The van der Waals surface area contributed by atoms with Crippen molar-refractivity contribution in [1.82, 2.24) is 5.32 Å². The number of nitrogens with zero attached hydrogens (tertiary/aromatic N) is 2. The Hall–Kier alpha value is -5.12. The van der Waals surface area contributed by atoms with Crippen molar-refractivity contribution in [2.75, 3.05) is 6.54 Å². The summed E-state index contributed by atoms with van der Waals surface area (Å²) in [7, 11) is 0. The summed E-state index contributed by atoms with van der Waals surface area (Å²) in [6.07, 6.45) is 34.0. The maximum atomic E-state index is 4.58. The largest absolute Gasteiger partial charge is 0.303 e. The van der Waals surface area contributed by atoms with Crippen LogP contribution in [0.4, 0.5) is 0 Å². The van der Waals surface area contributed by atoms with Crippen molar-refractivity contribution < 1.29 is 0 Å². The van der Waals surface area contributed by atoms with E-state index in [4.69, 9.17) is 0 Å². The molecule has 2 atom stereocenters. The van der Waals surface area contributed by atoms with Gasteiger partial charge < -0.3 is 5.32 Å². The first-order valence-corrected chi connectivity index (χ1v) is 19.4. The fraction of sp³-hybridized carbons (Fsp3) is 0.280. The number of allylic oxidation sites excluding steroid dienone is 10. The molecule has 3 nitrogen and oxygen atoms in total. The number of benzene rings is 3. The van der Waals surface area contributed by atoms with Gasteiger partial charge in [0.05, 0.1) is 6.04 Å². The molecule has 3 aromatic carbocycles. The number of rotatable bonds is 18. The summed E-state index contributed by atoms with van der Waals surface area (Å²) >= 11 is 0. The minimum Gasteiger partial charge on any atom is -0.303 e. The van der Waals surface area contributed by atoms with Gasteiger partial charge in [0, 0.05) is 37.0 Å². The first-order valence-electron chi connectivity index (χ1n) is 19.4. The van der Waals surface area contributed by atoms with E-state index in [1.165, 1.54) is 55.3 Å². The van der Waals surface area contributed by atoms with E-state index in [2.05, 4.69) is 171 Å². The lowest BCUT2D eigenvalue weighted by Crippen LogP contribution is -2.31. The first-order chi connectivity index (χ1) is 26.0. The van der Waals surface area contributed by atoms with E-state index in [0.717, 1.165) is 63.6 Å². The van der Waals surface area contributed by atoms with Crippen molar-refractivity contribution in [1.29, 1.82) is 0 Å². The van der Waals surface area contributed by atoms with Crippen molar-refractivity contribution in [2.45, 2.75) is 78.2 Å². The summed E-state index contributed by atoms with van der Waals surface area (Å²) in [4.78, 5) is 8.91. The number of nitrogens with one attached hydrogen (secondary N) is 1. The van der Waals surface area contributed by atoms with Crippen molar-refractivity contribution in [2.24, 2.45) is 15.9 Å². The van der Waals surface area contributed by atoms with Gasteiger partial charge in [-0.3, -0.25) is 9.98 Å². The van der Waals surface area contributed by atoms with Gasteiger partial charge in [0.1, 0.15) is 0 Å². The molecule has 0 amide bonds. The number of fused-ring (bicyclic) bond motifs is 2. The van der Waals surface area contributed by atoms with Crippen LogP contribution in [-0.2, 0) is 6.42 Å². The lowest BCUT2D eigenvalue weighted by atomic mass is 9.88. The molecule has 0 saturated heterocycles. The van der Waals surface area contributed by atoms with Crippen molar-refractivity contribution in [3.05, 3.63) is 179 Å². The molecule has 1 N–H and O–H groups in total. The van der Waals surface area contributed by atoms with Gasteiger partial charge in [-0.05, 0) is 120 Å². The molecule has 0 spiro atoms. The molecule has 3 heteroatoms. The van der Waals surface area contributed by atoms with E-state index >= 15 is 0 Å². The Kier molecular flexibility index (Phi) is 15.3. The van der Waals surface area contributed by atoms with Crippen LogP contribution in [0.1, 0.15) is 82.4 Å². The predicted octanol–water partition coefficient (Wildman–Crippen LogP) is 12.9. The van der Waals surface area contributed by atoms with Crippen LogP contribution in [0.2, 0.25) is 0 Å². The zero-order valence-corrected chi connectivity index (χ0v) is 32.1. The highest BCUT2D eigenvalue weighted by Gasteiger charge is 2.19. The molecular formula is C50H57N3. The Morgan fingerprint density at radius 2 is 1.74 bits per heavy atom. The van der Waals surface area contributed by atoms with E-state index in [0.29, 0.717) is 0 Å². The first kappa shape index (κ1) is 39.1. The SMILES string of the molecule is C=CC(C/C=C/CC=N/C=C\CC)/C(=C/C(NC/C(=C/C=C(\C)C1=Cc2ccccc2CC1)CC)C1=CCCC(c2ccc3ccccc3c2)=C1)N=C. The van der Waals surface area contributed by atoms with Crippen LogP contribution in [0.25, 0.3) is 22.4 Å². The average molecular weight is 700 g/mol. The highest BCUT2D eigenvalue weighted by Crippen LogP contribution is 2.32. The molecule has 3 aromatic rings. The maximum absolute atomic E-state index is 4.58. The van der Waals surface area contributed by atoms with Gasteiger partial charge in [-0.15, -0.1) is 6.58 Å². The molecule has 0 radical (unpaired) electrons. The van der Waals surface area contributed by atoms with Crippen molar-refractivity contribution >= 4 is 35.4 Å². The Bertz CT molecular complexity index is 2000. The molecule has 53 heavy (non-hydrogen) atoms. The third-order valence-electron chi connectivity index (χ3n) is 10.3. The summed E-state index contributed by atoms with van der Waals surface area (Å²) in [5, 5.41) is 6.48. The van der Waals surface area contributed by atoms with E-state index in [9.17, 15) is 0 Å². The van der Waals surface area contributed by atoms with Crippen LogP contribution in [0, 0.1) is 5.92 Å². The van der Waals surface area contributed by atoms with Gasteiger partial charge >= 0.3 is 0 Å². The zero-order chi connectivity index (χ0) is 37.3. The number of aryl methyl sites for hydroxylation is 1. The topological polar surface area (TPSA) is 36.8 Å². The predicted molar refractivity (Wildman–Crippen MR) is 234 cm³/mol. The van der Waals surface area contributed by atoms with E-state index in [1.807, 2.05) is 18.5 Å². The summed E-state index contributed by atoms with van der Waals surface area (Å²) in [6.45, 7) is 15.6. The molecule has 0 heterocycles. The second-order valence-electron chi connectivity index (χ2n) is 13.9. The standard InChI is InChI=1S/C50H57N3/c1-6-9-31-52-32-16-10-11-18-40(8-3)49(51-5)36-50(48-24-17-23-46(35-48)47-30-28-42-20-13-15-22-45(42)34-47)53-37-39(7-2)26-25-38(4)43-29-27-41-19-12-14-21-44(41)33-43/h8-15,19-22,24-26,28,30-36,40,50,53H,3,5-7,16-18,23,27,29,37H2,1-2,4H3/b11-10+,31-9-,38-25+,39-26+,49-36-,52-32?. The van der Waals surface area contributed by atoms with E-state index in [1.54, 1.807) is 0 Å². The maximum Gasteiger partial charge on any atom is 0.0526 e. The van der Waals surface area contributed by atoms with E-state index in [-0.39, 0.29) is 12.0 Å². The molecule has 2 unspecified atom stereocenters. The van der Waals surface area contributed by atoms with Crippen molar-refractivity contribution in [3.8, 4) is 0 Å². The molecular weight excluding hydrogens is 643 g/mol. The molecule has 0 aromatic heterocycles. The van der Waals surface area contributed by atoms with Crippen LogP contribution in [0.3, 0.4) is 0 Å². The normalized spacial score (nSPS) is 16.8. The second-order valence-corrected chi connectivity index (χ2v) is 13.9. The molecule has 0 aliphatic heterocycles. The molecule has 2 aliphatic carbocycles. The zero-order valence-electron chi connectivity index (χ0n) is 32.1. The third kappa shape index (κ3) is 11.4. The number of hydrogen-bond acceptors (Lipinski definition) is 3. The second kappa shape index (κ2) is 20.8. The smallest absolute Gasteiger partial charge is 0.0526 e. The molecule has 0 bridgehead atoms. The molecule has 0 saturated carbocycles. The highest BCUT2D eigenvalue weighted by atomic mass is 14.9. The lowest BCUT2D eigenvalue weighted by molar-refractivity contribution is 0.667. The molecule has 0 fully saturated rings. The average Bonchev–Trinajstić information content (AvgIpc) is 3.21. The summed E-state index contributed by atoms with van der Waals surface area (Å²) in [5.41, 5.74) is 11.8. The van der Waals surface area contributed by atoms with Crippen LogP contribution in [0.5, 0.6) is 0 Å². The van der Waals surface area contributed by atoms with Gasteiger partial charge in [0.25, 0.3) is 0 Å². The Morgan fingerprint density at radius 3 is 2.55 bits per heavy atom. The molecule has 5 rings (SSSR count). The molecule has 2 aliphatic rings. The highest BCUT2D eigenvalue weighted by molar-refractivity contribution is 5.87. The van der Waals surface area contributed by atoms with Crippen LogP contribution < -0.4 is 5.32 Å². The minimum atomic E-state index is -0.0345. The Morgan fingerprint density at radius 1 is 0.906 bits per heavy atom. The third-order valence-corrected chi connectivity index (χ3v) is 10.3. The lowest BCUT2D eigenvalue weighted by Gasteiger charge is -2.24.